The smallest absolute Gasteiger partial charge is 0.272 e. The maximum absolute atomic E-state index is 12.1. The van der Waals surface area contributed by atoms with Gasteiger partial charge < -0.3 is 17.0 Å². The van der Waals surface area contributed by atoms with E-state index >= 15 is 0 Å². The number of halogens is 1. The van der Waals surface area contributed by atoms with Crippen LogP contribution in [0.1, 0.15) is 5.56 Å². The highest BCUT2D eigenvalue weighted by Gasteiger charge is 2.45. The molecule has 0 saturated heterocycles. The molecule has 0 saturated carbocycles. The highest BCUT2D eigenvalue weighted by Crippen LogP contribution is 2.58. The lowest BCUT2D eigenvalue weighted by Crippen LogP contribution is -3.00. The third-order valence-corrected chi connectivity index (χ3v) is 10.1. The van der Waals surface area contributed by atoms with E-state index in [1.54, 1.807) is 6.20 Å². The number of aromatic nitrogens is 2. The molecule has 5 rings (SSSR count). The van der Waals surface area contributed by atoms with Crippen LogP contribution in [0.25, 0.3) is 10.8 Å². The van der Waals surface area contributed by atoms with E-state index in [4.69, 9.17) is 0 Å². The molecule has 158 valence electrons. The second-order valence-corrected chi connectivity index (χ2v) is 11.1. The molecule has 5 heteroatoms. The Morgan fingerprint density at radius 2 is 1.19 bits per heavy atom. The molecule has 0 spiro atoms. The van der Waals surface area contributed by atoms with Gasteiger partial charge in [-0.2, -0.15) is 5.10 Å². The molecule has 0 radical (unpaired) electrons. The summed E-state index contributed by atoms with van der Waals surface area (Å²) < 4.78 is 0. The van der Waals surface area contributed by atoms with Gasteiger partial charge in [0.25, 0.3) is 5.56 Å². The van der Waals surface area contributed by atoms with Crippen molar-refractivity contribution in [1.29, 1.82) is 0 Å². The van der Waals surface area contributed by atoms with Crippen LogP contribution in [0.15, 0.2) is 120 Å². The summed E-state index contributed by atoms with van der Waals surface area (Å²) in [6.07, 6.45) is 2.60. The maximum atomic E-state index is 12.1. The lowest BCUT2D eigenvalue weighted by atomic mass is 10.1. The molecule has 5 aromatic rings. The van der Waals surface area contributed by atoms with Crippen LogP contribution < -0.4 is 38.5 Å². The molecule has 32 heavy (non-hydrogen) atoms. The molecule has 0 aliphatic carbocycles. The van der Waals surface area contributed by atoms with Gasteiger partial charge in [0.2, 0.25) is 0 Å². The van der Waals surface area contributed by atoms with Gasteiger partial charge in [0.1, 0.15) is 23.2 Å². The van der Waals surface area contributed by atoms with Gasteiger partial charge in [-0.15, -0.1) is 0 Å². The Hall–Kier alpha value is -3.07. The third-order valence-electron chi connectivity index (χ3n) is 5.74. The van der Waals surface area contributed by atoms with E-state index in [0.29, 0.717) is 5.39 Å². The molecular weight excluding hydrogens is 479 g/mol. The first-order chi connectivity index (χ1) is 15.3. The molecule has 0 atom stereocenters. The summed E-state index contributed by atoms with van der Waals surface area (Å²) in [5.41, 5.74) is 1.05. The van der Waals surface area contributed by atoms with E-state index in [9.17, 15) is 4.79 Å². The fourth-order valence-electron chi connectivity index (χ4n) is 4.29. The molecule has 1 heterocycles. The number of nitrogens with zero attached hydrogens (tertiary/aromatic N) is 1. The molecule has 0 aliphatic heterocycles. The lowest BCUT2D eigenvalue weighted by Gasteiger charge is -2.28. The molecule has 1 aromatic heterocycles. The zero-order chi connectivity index (χ0) is 21.1. The summed E-state index contributed by atoms with van der Waals surface area (Å²) in [5, 5.41) is 12.1. The second-order valence-electron chi connectivity index (χ2n) is 7.60. The predicted octanol–water partition coefficient (Wildman–Crippen LogP) is 1.42. The summed E-state index contributed by atoms with van der Waals surface area (Å²) in [4.78, 5) is 12.1. The van der Waals surface area contributed by atoms with Crippen LogP contribution in [-0.2, 0) is 6.16 Å². The maximum Gasteiger partial charge on any atom is 0.272 e. The molecule has 0 unspecified atom stereocenters. The average Bonchev–Trinajstić information content (AvgIpc) is 2.84. The number of fused-ring (bicyclic) bond motifs is 1. The van der Waals surface area contributed by atoms with E-state index < -0.39 is 7.26 Å². The van der Waals surface area contributed by atoms with Crippen molar-refractivity contribution in [3.63, 3.8) is 0 Å². The largest absolute Gasteiger partial charge is 1.00 e. The standard InChI is InChI=1S/C27H21N2OP.BrH/c30-27-26-17-16-21(18-22(26)19-28-29-27)20-31(23-10-4-1-5-11-23,24-12-6-2-7-13-24)25-14-8-3-9-15-25;/h1-19H,20H2;1H. The van der Waals surface area contributed by atoms with Crippen LogP contribution in [-0.4, -0.2) is 10.2 Å². The number of nitrogens with one attached hydrogen (secondary N) is 1. The van der Waals surface area contributed by atoms with Gasteiger partial charge in [-0.05, 0) is 54.1 Å². The topological polar surface area (TPSA) is 45.8 Å². The van der Waals surface area contributed by atoms with Crippen LogP contribution in [0.2, 0.25) is 0 Å². The van der Waals surface area contributed by atoms with Crippen molar-refractivity contribution in [3.05, 3.63) is 131 Å². The van der Waals surface area contributed by atoms with E-state index in [2.05, 4.69) is 113 Å². The SMILES string of the molecule is O=c1[nH]ncc2cc(C[P+](c3ccccc3)(c3ccccc3)c3ccccc3)ccc12.[Br-]. The highest BCUT2D eigenvalue weighted by atomic mass is 79.9. The van der Waals surface area contributed by atoms with Crippen molar-refractivity contribution < 1.29 is 17.0 Å². The Kier molecular flexibility index (Phi) is 6.64. The van der Waals surface area contributed by atoms with Crippen molar-refractivity contribution in [2.24, 2.45) is 0 Å². The van der Waals surface area contributed by atoms with Crippen molar-refractivity contribution in [2.45, 2.75) is 6.16 Å². The molecule has 4 aromatic carbocycles. The molecule has 3 nitrogen and oxygen atoms in total. The minimum absolute atomic E-state index is 0. The summed E-state index contributed by atoms with van der Waals surface area (Å²) in [6.45, 7) is 0. The Morgan fingerprint density at radius 3 is 1.69 bits per heavy atom. The van der Waals surface area contributed by atoms with Gasteiger partial charge in [0.15, 0.2) is 0 Å². The second kappa shape index (κ2) is 9.60. The first-order valence-corrected chi connectivity index (χ1v) is 12.3. The van der Waals surface area contributed by atoms with Crippen LogP contribution in [0.4, 0.5) is 0 Å². The molecule has 0 aliphatic rings. The van der Waals surface area contributed by atoms with Crippen LogP contribution in [0, 0.1) is 0 Å². The van der Waals surface area contributed by atoms with Crippen LogP contribution in [0.5, 0.6) is 0 Å². The fraction of sp³-hybridized carbons (Fsp3) is 0.0370. The minimum Gasteiger partial charge on any atom is -1.00 e. The summed E-state index contributed by atoms with van der Waals surface area (Å²) >= 11 is 0. The van der Waals surface area contributed by atoms with Crippen molar-refractivity contribution in [1.82, 2.24) is 10.2 Å². The van der Waals surface area contributed by atoms with Gasteiger partial charge in [-0.1, -0.05) is 60.7 Å². The van der Waals surface area contributed by atoms with Gasteiger partial charge in [0, 0.05) is 5.39 Å². The summed E-state index contributed by atoms with van der Waals surface area (Å²) in [7, 11) is -1.97. The Bertz CT molecular complexity index is 1280. The lowest BCUT2D eigenvalue weighted by molar-refractivity contribution is -0.00000611. The number of hydrogen-bond acceptors (Lipinski definition) is 2. The van der Waals surface area contributed by atoms with Crippen molar-refractivity contribution in [3.8, 4) is 0 Å². The summed E-state index contributed by atoms with van der Waals surface area (Å²) in [5.74, 6) is 0. The van der Waals surface area contributed by atoms with Gasteiger partial charge in [-0.3, -0.25) is 4.79 Å². The Morgan fingerprint density at radius 1 is 0.688 bits per heavy atom. The molecule has 1 N–H and O–H groups in total. The zero-order valence-corrected chi connectivity index (χ0v) is 19.8. The number of benzene rings is 4. The highest BCUT2D eigenvalue weighted by molar-refractivity contribution is 7.95. The van der Waals surface area contributed by atoms with E-state index in [-0.39, 0.29) is 22.5 Å². The molecular formula is C27H22BrN2OP. The summed E-state index contributed by atoms with van der Waals surface area (Å²) in [6, 6.07) is 38.6. The number of H-pyrrole nitrogens is 1. The van der Waals surface area contributed by atoms with E-state index in [1.165, 1.54) is 21.5 Å². The number of rotatable bonds is 5. The van der Waals surface area contributed by atoms with Crippen LogP contribution in [0.3, 0.4) is 0 Å². The van der Waals surface area contributed by atoms with E-state index in [0.717, 1.165) is 11.5 Å². The van der Waals surface area contributed by atoms with Gasteiger partial charge in [0.05, 0.1) is 17.7 Å². The fourth-order valence-corrected chi connectivity index (χ4v) is 8.52. The number of hydrogen-bond donors (Lipinski definition) is 1. The minimum atomic E-state index is -1.97. The van der Waals surface area contributed by atoms with Crippen molar-refractivity contribution >= 4 is 33.9 Å². The molecule has 0 fully saturated rings. The third kappa shape index (κ3) is 4.04. The normalized spacial score (nSPS) is 11.1. The van der Waals surface area contributed by atoms with Gasteiger partial charge in [-0.25, -0.2) is 5.10 Å². The van der Waals surface area contributed by atoms with Gasteiger partial charge >= 0.3 is 0 Å². The number of aromatic amines is 1. The Labute approximate surface area is 198 Å². The average molecular weight is 501 g/mol. The van der Waals surface area contributed by atoms with E-state index in [1.807, 2.05) is 6.07 Å². The van der Waals surface area contributed by atoms with Crippen LogP contribution >= 0.6 is 7.26 Å². The first kappa shape index (κ1) is 22.1. The zero-order valence-electron chi connectivity index (χ0n) is 17.4. The predicted molar refractivity (Wildman–Crippen MR) is 131 cm³/mol. The van der Waals surface area contributed by atoms with Crippen molar-refractivity contribution in [2.75, 3.05) is 0 Å². The first-order valence-electron chi connectivity index (χ1n) is 10.3. The molecule has 0 amide bonds. The quantitative estimate of drug-likeness (QED) is 0.371. The monoisotopic (exact) mass is 500 g/mol. The Balaban J connectivity index is 0.00000245. The molecule has 0 bridgehead atoms.